The SMILES string of the molecule is O=C(/C=C/c1ccc(S(=O)(=O)N2CCCCCC2)cc1)OCC(=O)N1c2ccccc2Sc2ccccc21. The fourth-order valence-electron chi connectivity index (χ4n) is 4.57. The van der Waals surface area contributed by atoms with Crippen molar-refractivity contribution in [2.24, 2.45) is 0 Å². The fraction of sp³-hybridized carbons (Fsp3) is 0.241. The number of amides is 1. The Morgan fingerprint density at radius 3 is 2.00 bits per heavy atom. The summed E-state index contributed by atoms with van der Waals surface area (Å²) < 4.78 is 32.7. The van der Waals surface area contributed by atoms with E-state index in [1.54, 1.807) is 45.2 Å². The van der Waals surface area contributed by atoms with Crippen LogP contribution < -0.4 is 4.90 Å². The van der Waals surface area contributed by atoms with Crippen molar-refractivity contribution in [1.29, 1.82) is 0 Å². The van der Waals surface area contributed by atoms with Gasteiger partial charge < -0.3 is 4.74 Å². The Morgan fingerprint density at radius 1 is 0.816 bits per heavy atom. The lowest BCUT2D eigenvalue weighted by atomic mass is 10.2. The predicted molar refractivity (Wildman–Crippen MR) is 148 cm³/mol. The van der Waals surface area contributed by atoms with Gasteiger partial charge in [0.05, 0.1) is 16.3 Å². The molecule has 0 unspecified atom stereocenters. The molecule has 0 spiro atoms. The first-order valence-corrected chi connectivity index (χ1v) is 14.8. The number of rotatable bonds is 6. The summed E-state index contributed by atoms with van der Waals surface area (Å²) in [5, 5.41) is 0. The predicted octanol–water partition coefficient (Wildman–Crippen LogP) is 5.64. The lowest BCUT2D eigenvalue weighted by Crippen LogP contribution is -2.32. The average Bonchev–Trinajstić information content (AvgIpc) is 3.24. The number of sulfonamides is 1. The summed E-state index contributed by atoms with van der Waals surface area (Å²) in [6.45, 7) is 0.674. The molecule has 3 aromatic carbocycles. The molecule has 5 rings (SSSR count). The maximum atomic E-state index is 13.1. The van der Waals surface area contributed by atoms with Crippen LogP contribution in [0.1, 0.15) is 31.2 Å². The van der Waals surface area contributed by atoms with Gasteiger partial charge in [-0.15, -0.1) is 0 Å². The molecule has 2 aliphatic heterocycles. The first-order valence-electron chi connectivity index (χ1n) is 12.6. The van der Waals surface area contributed by atoms with E-state index in [4.69, 9.17) is 4.74 Å². The average molecular weight is 549 g/mol. The van der Waals surface area contributed by atoms with Crippen LogP contribution in [0.25, 0.3) is 6.08 Å². The van der Waals surface area contributed by atoms with Crippen molar-refractivity contribution in [2.75, 3.05) is 24.6 Å². The number of esters is 1. The quantitative estimate of drug-likeness (QED) is 0.293. The van der Waals surface area contributed by atoms with E-state index in [9.17, 15) is 18.0 Å². The van der Waals surface area contributed by atoms with Crippen LogP contribution >= 0.6 is 11.8 Å². The van der Waals surface area contributed by atoms with Crippen LogP contribution in [0.4, 0.5) is 11.4 Å². The Labute approximate surface area is 227 Å². The Bertz CT molecular complexity index is 1410. The molecule has 0 aliphatic carbocycles. The summed E-state index contributed by atoms with van der Waals surface area (Å²) >= 11 is 1.59. The molecule has 0 radical (unpaired) electrons. The standard InChI is InChI=1S/C29H28N2O5S2/c32-28(31-24-9-3-5-11-26(24)37-27-12-6-4-10-25(27)31)21-36-29(33)18-15-22-13-16-23(17-14-22)38(34,35)30-19-7-1-2-8-20-30/h3-6,9-18H,1-2,7-8,19-21H2/b18-15+. The van der Waals surface area contributed by atoms with Gasteiger partial charge in [-0.1, -0.05) is 61.0 Å². The highest BCUT2D eigenvalue weighted by atomic mass is 32.2. The molecule has 9 heteroatoms. The van der Waals surface area contributed by atoms with Crippen molar-refractivity contribution in [2.45, 2.75) is 40.4 Å². The van der Waals surface area contributed by atoms with E-state index < -0.39 is 22.6 Å². The van der Waals surface area contributed by atoms with Gasteiger partial charge in [0.25, 0.3) is 5.91 Å². The summed E-state index contributed by atoms with van der Waals surface area (Å²) in [4.78, 5) is 29.2. The van der Waals surface area contributed by atoms with Gasteiger partial charge in [0.15, 0.2) is 6.61 Å². The van der Waals surface area contributed by atoms with E-state index in [0.717, 1.165) is 46.8 Å². The second kappa shape index (κ2) is 11.6. The number of nitrogens with zero attached hydrogens (tertiary/aromatic N) is 2. The lowest BCUT2D eigenvalue weighted by molar-refractivity contribution is -0.142. The first kappa shape index (κ1) is 26.2. The molecule has 3 aromatic rings. The van der Waals surface area contributed by atoms with Gasteiger partial charge in [-0.05, 0) is 60.9 Å². The molecule has 1 fully saturated rings. The molecule has 196 valence electrons. The lowest BCUT2D eigenvalue weighted by Gasteiger charge is -2.30. The topological polar surface area (TPSA) is 84.0 Å². The van der Waals surface area contributed by atoms with Crippen molar-refractivity contribution >= 4 is 51.1 Å². The Hall–Kier alpha value is -3.40. The second-order valence-corrected chi connectivity index (χ2v) is 12.1. The Kier molecular flexibility index (Phi) is 7.97. The highest BCUT2D eigenvalue weighted by Crippen LogP contribution is 2.47. The van der Waals surface area contributed by atoms with E-state index in [-0.39, 0.29) is 10.8 Å². The summed E-state index contributed by atoms with van der Waals surface area (Å²) in [5.41, 5.74) is 2.16. The molecule has 0 atom stereocenters. The summed E-state index contributed by atoms with van der Waals surface area (Å²) in [6, 6.07) is 21.6. The minimum absolute atomic E-state index is 0.241. The number of ether oxygens (including phenoxy) is 1. The maximum Gasteiger partial charge on any atom is 0.331 e. The number of anilines is 2. The third-order valence-electron chi connectivity index (χ3n) is 6.51. The fourth-order valence-corrected chi connectivity index (χ4v) is 7.14. The van der Waals surface area contributed by atoms with Gasteiger partial charge >= 0.3 is 5.97 Å². The van der Waals surface area contributed by atoms with Gasteiger partial charge in [0.1, 0.15) is 0 Å². The molecular weight excluding hydrogens is 520 g/mol. The number of para-hydroxylation sites is 2. The van der Waals surface area contributed by atoms with Crippen LogP contribution in [0.15, 0.2) is 93.6 Å². The normalized spacial score (nSPS) is 15.9. The number of carbonyl (C=O) groups is 2. The summed E-state index contributed by atoms with van der Waals surface area (Å²) in [5.74, 6) is -1.01. The van der Waals surface area contributed by atoms with Crippen molar-refractivity contribution < 1.29 is 22.7 Å². The van der Waals surface area contributed by atoms with E-state index in [1.165, 1.54) is 12.2 Å². The van der Waals surface area contributed by atoms with E-state index >= 15 is 0 Å². The molecular formula is C29H28N2O5S2. The molecule has 0 saturated carbocycles. The van der Waals surface area contributed by atoms with Crippen LogP contribution in [-0.2, 0) is 24.3 Å². The van der Waals surface area contributed by atoms with Gasteiger partial charge in [0, 0.05) is 29.0 Å². The Morgan fingerprint density at radius 2 is 1.39 bits per heavy atom. The van der Waals surface area contributed by atoms with Crippen LogP contribution in [0.5, 0.6) is 0 Å². The molecule has 7 nitrogen and oxygen atoms in total. The third-order valence-corrected chi connectivity index (χ3v) is 9.56. The van der Waals surface area contributed by atoms with Crippen LogP contribution in [0.3, 0.4) is 0 Å². The number of carbonyl (C=O) groups excluding carboxylic acids is 2. The zero-order valence-electron chi connectivity index (χ0n) is 20.8. The minimum atomic E-state index is -3.53. The zero-order valence-corrected chi connectivity index (χ0v) is 22.4. The molecule has 0 N–H and O–H groups in total. The zero-order chi connectivity index (χ0) is 26.5. The summed E-state index contributed by atoms with van der Waals surface area (Å²) in [7, 11) is -3.53. The molecule has 2 aliphatic rings. The highest BCUT2D eigenvalue weighted by molar-refractivity contribution is 7.99. The third kappa shape index (κ3) is 5.70. The largest absolute Gasteiger partial charge is 0.452 e. The van der Waals surface area contributed by atoms with Crippen molar-refractivity contribution in [3.8, 4) is 0 Å². The van der Waals surface area contributed by atoms with Crippen LogP contribution in [0, 0.1) is 0 Å². The molecule has 1 saturated heterocycles. The van der Waals surface area contributed by atoms with E-state index in [2.05, 4.69) is 0 Å². The minimum Gasteiger partial charge on any atom is -0.452 e. The van der Waals surface area contributed by atoms with Crippen molar-refractivity contribution in [3.05, 3.63) is 84.4 Å². The smallest absolute Gasteiger partial charge is 0.331 e. The molecule has 0 aromatic heterocycles. The van der Waals surface area contributed by atoms with E-state index in [0.29, 0.717) is 18.7 Å². The Balaban J connectivity index is 1.21. The second-order valence-electron chi connectivity index (χ2n) is 9.10. The maximum absolute atomic E-state index is 13.1. The van der Waals surface area contributed by atoms with Crippen molar-refractivity contribution in [1.82, 2.24) is 4.31 Å². The van der Waals surface area contributed by atoms with Crippen molar-refractivity contribution in [3.63, 3.8) is 0 Å². The molecule has 0 bridgehead atoms. The monoisotopic (exact) mass is 548 g/mol. The van der Waals surface area contributed by atoms with Gasteiger partial charge in [-0.3, -0.25) is 9.69 Å². The first-order chi connectivity index (χ1) is 18.4. The number of hydrogen-bond acceptors (Lipinski definition) is 6. The highest BCUT2D eigenvalue weighted by Gasteiger charge is 2.28. The van der Waals surface area contributed by atoms with E-state index in [1.807, 2.05) is 48.5 Å². The molecule has 1 amide bonds. The summed E-state index contributed by atoms with van der Waals surface area (Å²) in [6.07, 6.45) is 6.63. The molecule has 2 heterocycles. The number of fused-ring (bicyclic) bond motifs is 2. The van der Waals surface area contributed by atoms with Crippen LogP contribution in [-0.4, -0.2) is 44.3 Å². The number of benzene rings is 3. The van der Waals surface area contributed by atoms with Gasteiger partial charge in [-0.25, -0.2) is 13.2 Å². The van der Waals surface area contributed by atoms with Gasteiger partial charge in [0.2, 0.25) is 10.0 Å². The molecule has 38 heavy (non-hydrogen) atoms. The van der Waals surface area contributed by atoms with Gasteiger partial charge in [-0.2, -0.15) is 4.31 Å². The number of hydrogen-bond donors (Lipinski definition) is 0. The van der Waals surface area contributed by atoms with Crippen LogP contribution in [0.2, 0.25) is 0 Å².